The summed E-state index contributed by atoms with van der Waals surface area (Å²) in [5, 5.41) is 2.95. The Hall–Kier alpha value is -3.88. The van der Waals surface area contributed by atoms with Gasteiger partial charge in [-0.15, -0.1) is 0 Å². The SMILES string of the molecule is Cn1c(=O)c2cc(NC(=O)Cc3ccccc3F)ccc2n1Cc1cccc(C(F)(F)F)c1. The Morgan fingerprint density at radius 1 is 1.00 bits per heavy atom. The largest absolute Gasteiger partial charge is 0.416 e. The van der Waals surface area contributed by atoms with Crippen LogP contribution in [0.5, 0.6) is 0 Å². The van der Waals surface area contributed by atoms with Crippen molar-refractivity contribution >= 4 is 22.5 Å². The zero-order valence-corrected chi connectivity index (χ0v) is 17.5. The van der Waals surface area contributed by atoms with Gasteiger partial charge in [-0.1, -0.05) is 30.3 Å². The fourth-order valence-electron chi connectivity index (χ4n) is 3.69. The van der Waals surface area contributed by atoms with Crippen molar-refractivity contribution in [1.82, 2.24) is 9.36 Å². The molecule has 3 aromatic carbocycles. The van der Waals surface area contributed by atoms with E-state index in [0.717, 1.165) is 12.1 Å². The van der Waals surface area contributed by atoms with Crippen molar-refractivity contribution in [2.24, 2.45) is 7.05 Å². The highest BCUT2D eigenvalue weighted by atomic mass is 19.4. The summed E-state index contributed by atoms with van der Waals surface area (Å²) >= 11 is 0. The molecule has 4 rings (SSSR count). The number of hydrogen-bond acceptors (Lipinski definition) is 2. The minimum absolute atomic E-state index is 0.0537. The van der Waals surface area contributed by atoms with Gasteiger partial charge in [0.2, 0.25) is 5.91 Å². The summed E-state index contributed by atoms with van der Waals surface area (Å²) in [4.78, 5) is 25.1. The van der Waals surface area contributed by atoms with Crippen LogP contribution in [0.2, 0.25) is 0 Å². The van der Waals surface area contributed by atoms with Crippen molar-refractivity contribution in [2.45, 2.75) is 19.1 Å². The average molecular weight is 457 g/mol. The molecular formula is C24H19F4N3O2. The second-order valence-electron chi connectivity index (χ2n) is 7.63. The van der Waals surface area contributed by atoms with Gasteiger partial charge < -0.3 is 5.32 Å². The van der Waals surface area contributed by atoms with E-state index in [1.54, 1.807) is 28.9 Å². The van der Waals surface area contributed by atoms with E-state index in [1.165, 1.54) is 42.1 Å². The molecule has 33 heavy (non-hydrogen) atoms. The normalized spacial score (nSPS) is 11.7. The number of benzene rings is 3. The summed E-state index contributed by atoms with van der Waals surface area (Å²) in [5.41, 5.74) is 0.382. The number of halogens is 4. The van der Waals surface area contributed by atoms with Crippen molar-refractivity contribution in [2.75, 3.05) is 5.32 Å². The molecule has 0 saturated carbocycles. The molecule has 4 aromatic rings. The smallest absolute Gasteiger partial charge is 0.326 e. The molecule has 1 N–H and O–H groups in total. The molecule has 9 heteroatoms. The van der Waals surface area contributed by atoms with E-state index in [0.29, 0.717) is 22.2 Å². The van der Waals surface area contributed by atoms with Crippen LogP contribution in [0.25, 0.3) is 10.9 Å². The summed E-state index contributed by atoms with van der Waals surface area (Å²) in [5.74, 6) is -0.927. The summed E-state index contributed by atoms with van der Waals surface area (Å²) in [6.45, 7) is 0.0537. The van der Waals surface area contributed by atoms with E-state index in [2.05, 4.69) is 5.32 Å². The topological polar surface area (TPSA) is 56.0 Å². The first-order valence-electron chi connectivity index (χ1n) is 10.0. The van der Waals surface area contributed by atoms with E-state index >= 15 is 0 Å². The number of rotatable bonds is 5. The lowest BCUT2D eigenvalue weighted by Crippen LogP contribution is -2.20. The van der Waals surface area contributed by atoms with Crippen LogP contribution in [-0.4, -0.2) is 15.3 Å². The van der Waals surface area contributed by atoms with Crippen LogP contribution < -0.4 is 10.9 Å². The molecule has 0 aliphatic carbocycles. The van der Waals surface area contributed by atoms with Crippen LogP contribution in [0.3, 0.4) is 0 Å². The molecule has 0 aliphatic heterocycles. The number of carbonyl (C=O) groups excluding carboxylic acids is 1. The number of nitrogens with zero attached hydrogens (tertiary/aromatic N) is 2. The van der Waals surface area contributed by atoms with Gasteiger partial charge in [0, 0.05) is 12.7 Å². The van der Waals surface area contributed by atoms with Crippen LogP contribution in [0.15, 0.2) is 71.5 Å². The molecule has 0 unspecified atom stereocenters. The molecular weight excluding hydrogens is 438 g/mol. The van der Waals surface area contributed by atoms with Crippen molar-refractivity contribution in [1.29, 1.82) is 0 Å². The first kappa shape index (κ1) is 22.3. The Labute approximate surface area is 185 Å². The number of aromatic nitrogens is 2. The predicted molar refractivity (Wildman–Crippen MR) is 116 cm³/mol. The molecule has 0 bridgehead atoms. The van der Waals surface area contributed by atoms with Gasteiger partial charge >= 0.3 is 6.18 Å². The molecule has 170 valence electrons. The second-order valence-corrected chi connectivity index (χ2v) is 7.63. The van der Waals surface area contributed by atoms with E-state index in [9.17, 15) is 27.2 Å². The van der Waals surface area contributed by atoms with Crippen molar-refractivity contribution in [3.8, 4) is 0 Å². The predicted octanol–water partition coefficient (Wildman–Crippen LogP) is 4.73. The number of nitrogens with one attached hydrogen (secondary N) is 1. The molecule has 0 atom stereocenters. The maximum atomic E-state index is 13.8. The van der Waals surface area contributed by atoms with Crippen molar-refractivity contribution < 1.29 is 22.4 Å². The van der Waals surface area contributed by atoms with Crippen LogP contribution in [-0.2, 0) is 31.0 Å². The average Bonchev–Trinajstić information content (AvgIpc) is 2.99. The zero-order chi connectivity index (χ0) is 23.8. The van der Waals surface area contributed by atoms with Crippen molar-refractivity contribution in [3.05, 3.63) is 99.6 Å². The molecule has 0 radical (unpaired) electrons. The fourth-order valence-corrected chi connectivity index (χ4v) is 3.69. The van der Waals surface area contributed by atoms with E-state index < -0.39 is 23.5 Å². The highest BCUT2D eigenvalue weighted by Crippen LogP contribution is 2.30. The Balaban J connectivity index is 1.60. The number of amides is 1. The number of fused-ring (bicyclic) bond motifs is 1. The van der Waals surface area contributed by atoms with Gasteiger partial charge in [0.25, 0.3) is 5.56 Å². The minimum atomic E-state index is -4.46. The van der Waals surface area contributed by atoms with Gasteiger partial charge in [-0.2, -0.15) is 13.2 Å². The fraction of sp³-hybridized carbons (Fsp3) is 0.167. The Morgan fingerprint density at radius 2 is 1.76 bits per heavy atom. The summed E-state index contributed by atoms with van der Waals surface area (Å²) in [6, 6.07) is 15.6. The summed E-state index contributed by atoms with van der Waals surface area (Å²) in [7, 11) is 1.52. The van der Waals surface area contributed by atoms with Gasteiger partial charge in [0.05, 0.1) is 29.4 Å². The molecule has 0 spiro atoms. The van der Waals surface area contributed by atoms with E-state index in [1.807, 2.05) is 0 Å². The van der Waals surface area contributed by atoms with Gasteiger partial charge in [-0.3, -0.25) is 19.0 Å². The molecule has 0 fully saturated rings. The van der Waals surface area contributed by atoms with Gasteiger partial charge in [0.1, 0.15) is 5.82 Å². The Kier molecular flexibility index (Phi) is 5.80. The standard InChI is InChI=1S/C24H19F4N3O2/c1-30-23(33)19-13-18(29-22(32)12-16-6-2-3-8-20(16)25)9-10-21(19)31(30)14-15-5-4-7-17(11-15)24(26,27)28/h2-11,13H,12,14H2,1H3,(H,29,32). The molecule has 5 nitrogen and oxygen atoms in total. The first-order valence-corrected chi connectivity index (χ1v) is 10.0. The summed E-state index contributed by atoms with van der Waals surface area (Å²) < 4.78 is 55.8. The second kappa shape index (κ2) is 8.57. The van der Waals surface area contributed by atoms with E-state index in [-0.39, 0.29) is 24.1 Å². The third-order valence-corrected chi connectivity index (χ3v) is 5.34. The maximum absolute atomic E-state index is 13.8. The van der Waals surface area contributed by atoms with Gasteiger partial charge in [0.15, 0.2) is 0 Å². The van der Waals surface area contributed by atoms with Gasteiger partial charge in [-0.25, -0.2) is 4.39 Å². The monoisotopic (exact) mass is 457 g/mol. The number of alkyl halides is 3. The van der Waals surface area contributed by atoms with E-state index in [4.69, 9.17) is 0 Å². The van der Waals surface area contributed by atoms with Crippen LogP contribution in [0.1, 0.15) is 16.7 Å². The van der Waals surface area contributed by atoms with Crippen LogP contribution >= 0.6 is 0 Å². The van der Waals surface area contributed by atoms with Gasteiger partial charge in [-0.05, 0) is 47.5 Å². The summed E-state index contributed by atoms with van der Waals surface area (Å²) in [6.07, 6.45) is -4.63. The maximum Gasteiger partial charge on any atom is 0.416 e. The van der Waals surface area contributed by atoms with Crippen molar-refractivity contribution in [3.63, 3.8) is 0 Å². The third kappa shape index (κ3) is 4.67. The highest BCUT2D eigenvalue weighted by molar-refractivity contribution is 5.94. The van der Waals surface area contributed by atoms with Crippen LogP contribution in [0, 0.1) is 5.82 Å². The number of hydrogen-bond donors (Lipinski definition) is 1. The minimum Gasteiger partial charge on any atom is -0.326 e. The lowest BCUT2D eigenvalue weighted by molar-refractivity contribution is -0.137. The quantitative estimate of drug-likeness (QED) is 0.441. The zero-order valence-electron chi connectivity index (χ0n) is 17.5. The third-order valence-electron chi connectivity index (χ3n) is 5.34. The Bertz CT molecular complexity index is 1400. The lowest BCUT2D eigenvalue weighted by atomic mass is 10.1. The first-order chi connectivity index (χ1) is 15.6. The number of carbonyl (C=O) groups is 1. The molecule has 1 amide bonds. The van der Waals surface area contributed by atoms with Crippen LogP contribution in [0.4, 0.5) is 23.2 Å². The Morgan fingerprint density at radius 3 is 2.48 bits per heavy atom. The molecule has 0 aliphatic rings. The molecule has 1 aromatic heterocycles. The molecule has 0 saturated heterocycles. The number of anilines is 1. The lowest BCUT2D eigenvalue weighted by Gasteiger charge is -2.12. The molecule has 1 heterocycles. The highest BCUT2D eigenvalue weighted by Gasteiger charge is 2.30.